The minimum absolute atomic E-state index is 0.0116. The molecule has 1 aromatic carbocycles. The monoisotopic (exact) mass is 555 g/mol. The SMILES string of the molecule is CCOC(=O)CNC(=O)c1nc2ccc(C(=O)N(CCC(C)C)CCC(C)C)cc2n1CCCN1CCCCC1. The molecule has 2 aromatic rings. The van der Waals surface area contributed by atoms with Gasteiger partial charge in [0.05, 0.1) is 17.6 Å². The van der Waals surface area contributed by atoms with Gasteiger partial charge >= 0.3 is 5.97 Å². The molecule has 0 radical (unpaired) electrons. The fraction of sp³-hybridized carbons (Fsp3) is 0.677. The Kier molecular flexibility index (Phi) is 12.4. The first kappa shape index (κ1) is 31.6. The number of amides is 2. The number of fused-ring (bicyclic) bond motifs is 1. The van der Waals surface area contributed by atoms with Crippen LogP contribution in [0.3, 0.4) is 0 Å². The number of hydrogen-bond donors (Lipinski definition) is 1. The van der Waals surface area contributed by atoms with Gasteiger partial charge in [0.2, 0.25) is 0 Å². The summed E-state index contributed by atoms with van der Waals surface area (Å²) in [5.74, 6) is 0.365. The molecule has 1 aromatic heterocycles. The summed E-state index contributed by atoms with van der Waals surface area (Å²) >= 11 is 0. The number of piperidine rings is 1. The highest BCUT2D eigenvalue weighted by molar-refractivity contribution is 6.00. The maximum absolute atomic E-state index is 13.7. The third kappa shape index (κ3) is 9.32. The molecular formula is C31H49N5O4. The Labute approximate surface area is 239 Å². The fourth-order valence-electron chi connectivity index (χ4n) is 5.06. The van der Waals surface area contributed by atoms with Crippen molar-refractivity contribution < 1.29 is 19.1 Å². The average Bonchev–Trinajstić information content (AvgIpc) is 3.29. The largest absolute Gasteiger partial charge is 0.465 e. The lowest BCUT2D eigenvalue weighted by Crippen LogP contribution is -2.34. The molecule has 1 aliphatic rings. The molecule has 0 unspecified atom stereocenters. The Hall–Kier alpha value is -2.94. The summed E-state index contributed by atoms with van der Waals surface area (Å²) < 4.78 is 6.86. The predicted octanol–water partition coefficient (Wildman–Crippen LogP) is 4.74. The first-order valence-corrected chi connectivity index (χ1v) is 15.1. The van der Waals surface area contributed by atoms with Crippen molar-refractivity contribution in [3.05, 3.63) is 29.6 Å². The molecule has 1 aliphatic heterocycles. The van der Waals surface area contributed by atoms with Crippen LogP contribution in [-0.4, -0.2) is 83.0 Å². The number of aromatic nitrogens is 2. The van der Waals surface area contributed by atoms with Gasteiger partial charge in [0.15, 0.2) is 5.82 Å². The molecule has 40 heavy (non-hydrogen) atoms. The zero-order valence-corrected chi connectivity index (χ0v) is 25.2. The van der Waals surface area contributed by atoms with E-state index in [9.17, 15) is 14.4 Å². The number of rotatable bonds is 15. The van der Waals surface area contributed by atoms with E-state index in [0.29, 0.717) is 29.5 Å². The van der Waals surface area contributed by atoms with Gasteiger partial charge < -0.3 is 24.4 Å². The van der Waals surface area contributed by atoms with Crippen LogP contribution >= 0.6 is 0 Å². The summed E-state index contributed by atoms with van der Waals surface area (Å²) in [5.41, 5.74) is 2.03. The maximum Gasteiger partial charge on any atom is 0.325 e. The van der Waals surface area contributed by atoms with Crippen LogP contribution < -0.4 is 5.32 Å². The van der Waals surface area contributed by atoms with Crippen LogP contribution in [0.5, 0.6) is 0 Å². The van der Waals surface area contributed by atoms with E-state index in [4.69, 9.17) is 4.74 Å². The third-order valence-corrected chi connectivity index (χ3v) is 7.44. The zero-order chi connectivity index (χ0) is 29.1. The van der Waals surface area contributed by atoms with Crippen LogP contribution in [0.15, 0.2) is 18.2 Å². The second kappa shape index (κ2) is 15.7. The third-order valence-electron chi connectivity index (χ3n) is 7.44. The molecule has 0 saturated carbocycles. The summed E-state index contributed by atoms with van der Waals surface area (Å²) in [4.78, 5) is 47.7. The van der Waals surface area contributed by atoms with Crippen LogP contribution in [0, 0.1) is 11.8 Å². The Balaban J connectivity index is 1.87. The number of likely N-dealkylation sites (tertiary alicyclic amines) is 1. The van der Waals surface area contributed by atoms with Crippen molar-refractivity contribution in [2.24, 2.45) is 11.8 Å². The zero-order valence-electron chi connectivity index (χ0n) is 25.2. The van der Waals surface area contributed by atoms with Crippen molar-refractivity contribution in [2.75, 3.05) is 45.9 Å². The maximum atomic E-state index is 13.7. The Bertz CT molecular complexity index is 1110. The number of ether oxygens (including phenoxy) is 1. The van der Waals surface area contributed by atoms with Gasteiger partial charge in [-0.05, 0) is 88.7 Å². The number of imidazole rings is 1. The molecule has 3 rings (SSSR count). The van der Waals surface area contributed by atoms with Crippen molar-refractivity contribution in [2.45, 2.75) is 79.7 Å². The van der Waals surface area contributed by atoms with Crippen LogP contribution in [0.2, 0.25) is 0 Å². The highest BCUT2D eigenvalue weighted by Gasteiger charge is 2.22. The number of carbonyl (C=O) groups excluding carboxylic acids is 3. The molecule has 9 nitrogen and oxygen atoms in total. The second-order valence-corrected chi connectivity index (χ2v) is 11.7. The smallest absolute Gasteiger partial charge is 0.325 e. The molecule has 9 heteroatoms. The van der Waals surface area contributed by atoms with Crippen molar-refractivity contribution in [3.8, 4) is 0 Å². The Morgan fingerprint density at radius 2 is 1.68 bits per heavy atom. The molecule has 1 saturated heterocycles. The fourth-order valence-corrected chi connectivity index (χ4v) is 5.06. The van der Waals surface area contributed by atoms with E-state index in [1.807, 2.05) is 27.7 Å². The highest BCUT2D eigenvalue weighted by Crippen LogP contribution is 2.21. The minimum atomic E-state index is -0.487. The lowest BCUT2D eigenvalue weighted by molar-refractivity contribution is -0.141. The summed E-state index contributed by atoms with van der Waals surface area (Å²) in [6, 6.07) is 5.52. The van der Waals surface area contributed by atoms with Crippen LogP contribution in [0.25, 0.3) is 11.0 Å². The number of carbonyl (C=O) groups is 3. The molecular weight excluding hydrogens is 506 g/mol. The number of benzene rings is 1. The van der Waals surface area contributed by atoms with Gasteiger partial charge in [0.1, 0.15) is 6.54 Å². The van der Waals surface area contributed by atoms with E-state index in [2.05, 4.69) is 42.9 Å². The molecule has 0 bridgehead atoms. The topological polar surface area (TPSA) is 96.8 Å². The van der Waals surface area contributed by atoms with Crippen molar-refractivity contribution in [3.63, 3.8) is 0 Å². The second-order valence-electron chi connectivity index (χ2n) is 11.7. The summed E-state index contributed by atoms with van der Waals surface area (Å²) in [5, 5.41) is 2.65. The van der Waals surface area contributed by atoms with Gasteiger partial charge in [0, 0.05) is 25.2 Å². The number of hydrogen-bond acceptors (Lipinski definition) is 6. The molecule has 2 heterocycles. The Morgan fingerprint density at radius 3 is 2.30 bits per heavy atom. The van der Waals surface area contributed by atoms with Crippen molar-refractivity contribution in [1.82, 2.24) is 24.7 Å². The van der Waals surface area contributed by atoms with Gasteiger partial charge in [-0.2, -0.15) is 0 Å². The first-order valence-electron chi connectivity index (χ1n) is 15.1. The van der Waals surface area contributed by atoms with E-state index < -0.39 is 11.9 Å². The van der Waals surface area contributed by atoms with E-state index in [1.165, 1.54) is 19.3 Å². The number of nitrogens with one attached hydrogen (secondary N) is 1. The quantitative estimate of drug-likeness (QED) is 0.319. The predicted molar refractivity (Wildman–Crippen MR) is 158 cm³/mol. The number of nitrogens with zero attached hydrogens (tertiary/aromatic N) is 4. The first-order chi connectivity index (χ1) is 19.2. The van der Waals surface area contributed by atoms with E-state index >= 15 is 0 Å². The van der Waals surface area contributed by atoms with E-state index in [0.717, 1.165) is 57.5 Å². The normalized spacial score (nSPS) is 14.2. The van der Waals surface area contributed by atoms with Gasteiger partial charge in [-0.25, -0.2) is 4.98 Å². The molecule has 0 atom stereocenters. The molecule has 0 aliphatic carbocycles. The number of esters is 1. The molecule has 1 fully saturated rings. The molecule has 0 spiro atoms. The van der Waals surface area contributed by atoms with E-state index in [1.54, 1.807) is 6.92 Å². The average molecular weight is 556 g/mol. The molecule has 222 valence electrons. The molecule has 1 N–H and O–H groups in total. The molecule has 2 amide bonds. The van der Waals surface area contributed by atoms with Gasteiger partial charge in [-0.15, -0.1) is 0 Å². The summed E-state index contributed by atoms with van der Waals surface area (Å²) in [6.45, 7) is 15.7. The highest BCUT2D eigenvalue weighted by atomic mass is 16.5. The van der Waals surface area contributed by atoms with E-state index in [-0.39, 0.29) is 24.9 Å². The van der Waals surface area contributed by atoms with Crippen LogP contribution in [0.1, 0.15) is 94.1 Å². The van der Waals surface area contributed by atoms with Crippen molar-refractivity contribution >= 4 is 28.8 Å². The van der Waals surface area contributed by atoms with Crippen LogP contribution in [-0.2, 0) is 16.1 Å². The van der Waals surface area contributed by atoms with Crippen molar-refractivity contribution in [1.29, 1.82) is 0 Å². The minimum Gasteiger partial charge on any atom is -0.465 e. The van der Waals surface area contributed by atoms with Gasteiger partial charge in [-0.3, -0.25) is 14.4 Å². The van der Waals surface area contributed by atoms with Gasteiger partial charge in [0.25, 0.3) is 11.8 Å². The Morgan fingerprint density at radius 1 is 1.00 bits per heavy atom. The summed E-state index contributed by atoms with van der Waals surface area (Å²) in [7, 11) is 0. The lowest BCUT2D eigenvalue weighted by Gasteiger charge is -2.26. The van der Waals surface area contributed by atoms with Crippen LogP contribution in [0.4, 0.5) is 0 Å². The number of aryl methyl sites for hydroxylation is 1. The summed E-state index contributed by atoms with van der Waals surface area (Å²) in [6.07, 6.45) is 6.50. The standard InChI is InChI=1S/C31H49N5O4/c1-6-40-28(37)22-32-30(38)29-33-26-12-11-25(31(39)35(19-13-23(2)3)20-14-24(4)5)21-27(26)36(29)18-10-17-34-15-8-7-9-16-34/h11-12,21,23-24H,6-10,13-20,22H2,1-5H3,(H,32,38). The lowest BCUT2D eigenvalue weighted by atomic mass is 10.1. The van der Waals surface area contributed by atoms with Gasteiger partial charge in [-0.1, -0.05) is 34.1 Å².